The summed E-state index contributed by atoms with van der Waals surface area (Å²) in [7, 11) is 0. The van der Waals surface area contributed by atoms with Crippen LogP contribution in [-0.2, 0) is 11.2 Å². The summed E-state index contributed by atoms with van der Waals surface area (Å²) in [4.78, 5) is 12.2. The minimum absolute atomic E-state index is 0.128. The Balaban J connectivity index is 1.44. The van der Waals surface area contributed by atoms with Gasteiger partial charge in [0.05, 0.1) is 13.2 Å². The van der Waals surface area contributed by atoms with Crippen LogP contribution in [0.2, 0.25) is 5.02 Å². The first-order chi connectivity index (χ1) is 13.6. The Morgan fingerprint density at radius 1 is 1.00 bits per heavy atom. The van der Waals surface area contributed by atoms with Crippen LogP contribution in [0.4, 0.5) is 11.4 Å². The SMILES string of the molecule is Cc1ccc(Cl)cc1NCC(=O)Nc1ccc(OCCc2ccccc2)cc1. The molecule has 0 atom stereocenters. The number of rotatable bonds is 8. The minimum atomic E-state index is -0.128. The molecule has 1 amide bonds. The van der Waals surface area contributed by atoms with Gasteiger partial charge in [-0.3, -0.25) is 4.79 Å². The van der Waals surface area contributed by atoms with E-state index in [-0.39, 0.29) is 12.5 Å². The minimum Gasteiger partial charge on any atom is -0.493 e. The van der Waals surface area contributed by atoms with Gasteiger partial charge in [-0.15, -0.1) is 0 Å². The number of amides is 1. The molecule has 3 aromatic rings. The largest absolute Gasteiger partial charge is 0.493 e. The number of ether oxygens (including phenoxy) is 1. The first-order valence-corrected chi connectivity index (χ1v) is 9.54. The van der Waals surface area contributed by atoms with Crippen LogP contribution in [-0.4, -0.2) is 19.1 Å². The van der Waals surface area contributed by atoms with Crippen LogP contribution in [0.3, 0.4) is 0 Å². The molecule has 0 aliphatic heterocycles. The van der Waals surface area contributed by atoms with Crippen LogP contribution < -0.4 is 15.4 Å². The standard InChI is InChI=1S/C23H23ClN2O2/c1-17-7-8-19(24)15-22(17)25-16-23(27)26-20-9-11-21(12-10-20)28-14-13-18-5-3-2-4-6-18/h2-12,15,25H,13-14,16H2,1H3,(H,26,27). The zero-order valence-electron chi connectivity index (χ0n) is 15.7. The van der Waals surface area contributed by atoms with E-state index in [1.807, 2.05) is 67.6 Å². The van der Waals surface area contributed by atoms with Crippen molar-refractivity contribution >= 4 is 28.9 Å². The maximum Gasteiger partial charge on any atom is 0.243 e. The molecule has 0 fully saturated rings. The van der Waals surface area contributed by atoms with E-state index < -0.39 is 0 Å². The highest BCUT2D eigenvalue weighted by atomic mass is 35.5. The van der Waals surface area contributed by atoms with E-state index in [1.165, 1.54) is 5.56 Å². The summed E-state index contributed by atoms with van der Waals surface area (Å²) in [5, 5.41) is 6.61. The van der Waals surface area contributed by atoms with Gasteiger partial charge in [0.15, 0.2) is 0 Å². The lowest BCUT2D eigenvalue weighted by molar-refractivity contribution is -0.114. The first-order valence-electron chi connectivity index (χ1n) is 9.17. The average Bonchev–Trinajstić information content (AvgIpc) is 2.71. The molecule has 0 heterocycles. The van der Waals surface area contributed by atoms with Crippen molar-refractivity contribution in [3.05, 3.63) is 88.9 Å². The third-order valence-electron chi connectivity index (χ3n) is 4.28. The summed E-state index contributed by atoms with van der Waals surface area (Å²) in [5.41, 5.74) is 3.86. The van der Waals surface area contributed by atoms with Crippen molar-refractivity contribution in [2.24, 2.45) is 0 Å². The van der Waals surface area contributed by atoms with Crippen molar-refractivity contribution in [2.45, 2.75) is 13.3 Å². The molecule has 5 heteroatoms. The van der Waals surface area contributed by atoms with Crippen molar-refractivity contribution in [3.8, 4) is 5.75 Å². The van der Waals surface area contributed by atoms with Crippen LogP contribution in [0, 0.1) is 6.92 Å². The molecule has 0 aliphatic rings. The first kappa shape index (κ1) is 19.8. The summed E-state index contributed by atoms with van der Waals surface area (Å²) >= 11 is 6.00. The molecule has 28 heavy (non-hydrogen) atoms. The van der Waals surface area contributed by atoms with E-state index in [2.05, 4.69) is 22.8 Å². The van der Waals surface area contributed by atoms with Crippen molar-refractivity contribution in [2.75, 3.05) is 23.8 Å². The molecule has 144 valence electrons. The molecule has 0 unspecified atom stereocenters. The van der Waals surface area contributed by atoms with E-state index in [0.29, 0.717) is 11.6 Å². The Morgan fingerprint density at radius 3 is 2.50 bits per heavy atom. The smallest absolute Gasteiger partial charge is 0.243 e. The second-order valence-electron chi connectivity index (χ2n) is 6.47. The van der Waals surface area contributed by atoms with Gasteiger partial charge in [-0.25, -0.2) is 0 Å². The molecule has 0 bridgehead atoms. The van der Waals surface area contributed by atoms with E-state index in [1.54, 1.807) is 0 Å². The van der Waals surface area contributed by atoms with Gasteiger partial charge in [0.2, 0.25) is 5.91 Å². The lowest BCUT2D eigenvalue weighted by atomic mass is 10.2. The molecular weight excluding hydrogens is 372 g/mol. The van der Waals surface area contributed by atoms with E-state index >= 15 is 0 Å². The zero-order chi connectivity index (χ0) is 19.8. The highest BCUT2D eigenvalue weighted by Crippen LogP contribution is 2.20. The van der Waals surface area contributed by atoms with Crippen LogP contribution in [0.1, 0.15) is 11.1 Å². The fourth-order valence-electron chi connectivity index (χ4n) is 2.73. The number of carbonyl (C=O) groups excluding carboxylic acids is 1. The molecular formula is C23H23ClN2O2. The average molecular weight is 395 g/mol. The van der Waals surface area contributed by atoms with Crippen molar-refractivity contribution in [1.29, 1.82) is 0 Å². The molecule has 0 saturated heterocycles. The Hall–Kier alpha value is -2.98. The molecule has 3 aromatic carbocycles. The predicted octanol–water partition coefficient (Wildman–Crippen LogP) is 5.32. The molecule has 0 aromatic heterocycles. The van der Waals surface area contributed by atoms with Gasteiger partial charge in [-0.1, -0.05) is 48.0 Å². The molecule has 0 aliphatic carbocycles. The lowest BCUT2D eigenvalue weighted by Gasteiger charge is -2.11. The molecule has 2 N–H and O–H groups in total. The number of carbonyl (C=O) groups is 1. The number of halogens is 1. The Kier molecular flexibility index (Phi) is 6.93. The monoisotopic (exact) mass is 394 g/mol. The summed E-state index contributed by atoms with van der Waals surface area (Å²) < 4.78 is 5.76. The van der Waals surface area contributed by atoms with Crippen molar-refractivity contribution in [3.63, 3.8) is 0 Å². The predicted molar refractivity (Wildman–Crippen MR) is 115 cm³/mol. The summed E-state index contributed by atoms with van der Waals surface area (Å²) in [6.07, 6.45) is 0.855. The van der Waals surface area contributed by atoms with Gasteiger partial charge >= 0.3 is 0 Å². The number of aryl methyl sites for hydroxylation is 1. The summed E-state index contributed by atoms with van der Waals surface area (Å²) in [6, 6.07) is 23.1. The molecule has 3 rings (SSSR count). The van der Waals surface area contributed by atoms with E-state index in [9.17, 15) is 4.79 Å². The van der Waals surface area contributed by atoms with E-state index in [4.69, 9.17) is 16.3 Å². The number of hydrogen-bond donors (Lipinski definition) is 2. The van der Waals surface area contributed by atoms with Crippen molar-refractivity contribution < 1.29 is 9.53 Å². The van der Waals surface area contributed by atoms with Gasteiger partial charge in [-0.2, -0.15) is 0 Å². The maximum atomic E-state index is 12.2. The normalized spacial score (nSPS) is 10.4. The topological polar surface area (TPSA) is 50.4 Å². The van der Waals surface area contributed by atoms with Crippen LogP contribution in [0.15, 0.2) is 72.8 Å². The lowest BCUT2D eigenvalue weighted by Crippen LogP contribution is -2.22. The second-order valence-corrected chi connectivity index (χ2v) is 6.91. The van der Waals surface area contributed by atoms with Crippen LogP contribution in [0.5, 0.6) is 5.75 Å². The Morgan fingerprint density at radius 2 is 1.75 bits per heavy atom. The zero-order valence-corrected chi connectivity index (χ0v) is 16.5. The highest BCUT2D eigenvalue weighted by Gasteiger charge is 2.05. The Bertz CT molecular complexity index is 912. The summed E-state index contributed by atoms with van der Waals surface area (Å²) in [5.74, 6) is 0.652. The third-order valence-corrected chi connectivity index (χ3v) is 4.51. The highest BCUT2D eigenvalue weighted by molar-refractivity contribution is 6.30. The van der Waals surface area contributed by atoms with Crippen LogP contribution >= 0.6 is 11.6 Å². The van der Waals surface area contributed by atoms with E-state index in [0.717, 1.165) is 29.1 Å². The van der Waals surface area contributed by atoms with Gasteiger partial charge in [0, 0.05) is 22.8 Å². The molecule has 0 spiro atoms. The molecule has 0 radical (unpaired) electrons. The number of benzene rings is 3. The molecule has 4 nitrogen and oxygen atoms in total. The van der Waals surface area contributed by atoms with Gasteiger partial charge in [0.25, 0.3) is 0 Å². The quantitative estimate of drug-likeness (QED) is 0.543. The van der Waals surface area contributed by atoms with Gasteiger partial charge in [0.1, 0.15) is 5.75 Å². The van der Waals surface area contributed by atoms with Crippen LogP contribution in [0.25, 0.3) is 0 Å². The number of hydrogen-bond acceptors (Lipinski definition) is 3. The third kappa shape index (κ3) is 6.03. The number of nitrogens with one attached hydrogen (secondary N) is 2. The van der Waals surface area contributed by atoms with Gasteiger partial charge < -0.3 is 15.4 Å². The fourth-order valence-corrected chi connectivity index (χ4v) is 2.90. The van der Waals surface area contributed by atoms with Gasteiger partial charge in [-0.05, 0) is 54.4 Å². The summed E-state index contributed by atoms with van der Waals surface area (Å²) in [6.45, 7) is 2.74. The number of anilines is 2. The van der Waals surface area contributed by atoms with Crippen molar-refractivity contribution in [1.82, 2.24) is 0 Å². The second kappa shape index (κ2) is 9.81. The Labute approximate surface area is 170 Å². The fraction of sp³-hybridized carbons (Fsp3) is 0.174. The molecule has 0 saturated carbocycles. The maximum absolute atomic E-state index is 12.2.